The summed E-state index contributed by atoms with van der Waals surface area (Å²) in [6.07, 6.45) is 3.10. The van der Waals surface area contributed by atoms with Gasteiger partial charge in [0.1, 0.15) is 0 Å². The van der Waals surface area contributed by atoms with Gasteiger partial charge in [0, 0.05) is 36.6 Å². The average Bonchev–Trinajstić information content (AvgIpc) is 2.45. The lowest BCUT2D eigenvalue weighted by molar-refractivity contribution is -0.383. The van der Waals surface area contributed by atoms with Crippen molar-refractivity contribution in [3.63, 3.8) is 0 Å². The standard InChI is InChI=1S/C14H17N3O3/c1-14(2,9-18)16(3)12-4-5-13(17(19)20)11-8-15-7-6-10(11)12/h4-8,18H,9H2,1-3H3. The molecule has 1 aromatic heterocycles. The van der Waals surface area contributed by atoms with Crippen LogP contribution in [0, 0.1) is 10.1 Å². The summed E-state index contributed by atoms with van der Waals surface area (Å²) in [6.45, 7) is 3.79. The number of nitrogens with zero attached hydrogens (tertiary/aromatic N) is 3. The molecule has 0 saturated heterocycles. The summed E-state index contributed by atoms with van der Waals surface area (Å²) in [5.74, 6) is 0. The Labute approximate surface area is 116 Å². The highest BCUT2D eigenvalue weighted by Crippen LogP contribution is 2.34. The van der Waals surface area contributed by atoms with Gasteiger partial charge in [-0.3, -0.25) is 15.1 Å². The van der Waals surface area contributed by atoms with Crippen LogP contribution in [-0.2, 0) is 0 Å². The van der Waals surface area contributed by atoms with Crippen molar-refractivity contribution in [2.75, 3.05) is 18.6 Å². The highest BCUT2D eigenvalue weighted by molar-refractivity contribution is 5.99. The van der Waals surface area contributed by atoms with E-state index in [0.29, 0.717) is 5.39 Å². The molecule has 0 saturated carbocycles. The summed E-state index contributed by atoms with van der Waals surface area (Å²) < 4.78 is 0. The van der Waals surface area contributed by atoms with Gasteiger partial charge in [-0.2, -0.15) is 0 Å². The molecule has 0 bridgehead atoms. The van der Waals surface area contributed by atoms with E-state index in [0.717, 1.165) is 11.1 Å². The van der Waals surface area contributed by atoms with Crippen LogP contribution in [0.4, 0.5) is 11.4 Å². The number of hydrogen-bond acceptors (Lipinski definition) is 5. The summed E-state index contributed by atoms with van der Waals surface area (Å²) in [5, 5.41) is 21.8. The Morgan fingerprint density at radius 3 is 2.65 bits per heavy atom. The molecule has 0 fully saturated rings. The molecule has 1 N–H and O–H groups in total. The van der Waals surface area contributed by atoms with Crippen molar-refractivity contribution >= 4 is 22.1 Å². The molecule has 0 spiro atoms. The second-order valence-electron chi connectivity index (χ2n) is 5.31. The number of aliphatic hydroxyl groups excluding tert-OH is 1. The highest BCUT2D eigenvalue weighted by Gasteiger charge is 2.25. The van der Waals surface area contributed by atoms with Crippen LogP contribution >= 0.6 is 0 Å². The molecule has 20 heavy (non-hydrogen) atoms. The van der Waals surface area contributed by atoms with Gasteiger partial charge in [0.05, 0.1) is 22.5 Å². The quantitative estimate of drug-likeness (QED) is 0.684. The van der Waals surface area contributed by atoms with Gasteiger partial charge in [0.2, 0.25) is 0 Å². The Morgan fingerprint density at radius 1 is 1.35 bits per heavy atom. The zero-order valence-corrected chi connectivity index (χ0v) is 11.7. The molecule has 0 aliphatic heterocycles. The molecule has 6 heteroatoms. The molecule has 0 atom stereocenters. The van der Waals surface area contributed by atoms with Crippen molar-refractivity contribution in [2.24, 2.45) is 0 Å². The van der Waals surface area contributed by atoms with Crippen LogP contribution in [0.1, 0.15) is 13.8 Å². The third-order valence-electron chi connectivity index (χ3n) is 3.63. The summed E-state index contributed by atoms with van der Waals surface area (Å²) in [7, 11) is 1.86. The SMILES string of the molecule is CN(c1ccc([N+](=O)[O-])c2cnccc12)C(C)(C)CO. The fourth-order valence-corrected chi connectivity index (χ4v) is 2.04. The molecule has 0 unspecified atom stereocenters. The molecule has 1 aromatic carbocycles. The summed E-state index contributed by atoms with van der Waals surface area (Å²) in [6, 6.07) is 4.93. The first kappa shape index (κ1) is 14.2. The number of rotatable bonds is 4. The van der Waals surface area contributed by atoms with Crippen LogP contribution < -0.4 is 4.90 Å². The smallest absolute Gasteiger partial charge is 0.278 e. The Balaban J connectivity index is 2.68. The molecule has 6 nitrogen and oxygen atoms in total. The largest absolute Gasteiger partial charge is 0.394 e. The van der Waals surface area contributed by atoms with Gasteiger partial charge in [-0.15, -0.1) is 0 Å². The van der Waals surface area contributed by atoms with E-state index in [-0.39, 0.29) is 12.3 Å². The molecule has 0 aliphatic rings. The predicted octanol–water partition coefficient (Wildman–Crippen LogP) is 2.35. The van der Waals surface area contributed by atoms with Gasteiger partial charge in [0.25, 0.3) is 5.69 Å². The van der Waals surface area contributed by atoms with Crippen LogP contribution in [0.15, 0.2) is 30.6 Å². The van der Waals surface area contributed by atoms with Gasteiger partial charge in [0.15, 0.2) is 0 Å². The number of anilines is 1. The predicted molar refractivity (Wildman–Crippen MR) is 78.0 cm³/mol. The normalized spacial score (nSPS) is 11.6. The van der Waals surface area contributed by atoms with Crippen molar-refractivity contribution in [1.82, 2.24) is 4.98 Å². The van der Waals surface area contributed by atoms with Crippen LogP contribution in [0.3, 0.4) is 0 Å². The lowest BCUT2D eigenvalue weighted by atomic mass is 10.0. The molecule has 106 valence electrons. The third kappa shape index (κ3) is 2.30. The monoisotopic (exact) mass is 275 g/mol. The molecule has 0 aliphatic carbocycles. The number of aromatic nitrogens is 1. The van der Waals surface area contributed by atoms with Gasteiger partial charge in [-0.05, 0) is 26.0 Å². The van der Waals surface area contributed by atoms with Crippen LogP contribution in [0.2, 0.25) is 0 Å². The van der Waals surface area contributed by atoms with E-state index in [1.165, 1.54) is 12.3 Å². The van der Waals surface area contributed by atoms with Gasteiger partial charge in [-0.25, -0.2) is 0 Å². The number of nitro groups is 1. The first-order chi connectivity index (χ1) is 9.38. The molecular formula is C14H17N3O3. The van der Waals surface area contributed by atoms with E-state index < -0.39 is 10.5 Å². The van der Waals surface area contributed by atoms with Crippen LogP contribution in [0.5, 0.6) is 0 Å². The second kappa shape index (κ2) is 5.05. The van der Waals surface area contributed by atoms with Crippen molar-refractivity contribution < 1.29 is 10.0 Å². The molecule has 2 rings (SSSR count). The minimum absolute atomic E-state index is 0.0208. The molecular weight excluding hydrogens is 258 g/mol. The van der Waals surface area contributed by atoms with E-state index >= 15 is 0 Å². The lowest BCUT2D eigenvalue weighted by Crippen LogP contribution is -2.44. The van der Waals surface area contributed by atoms with Crippen molar-refractivity contribution in [1.29, 1.82) is 0 Å². The minimum atomic E-state index is -0.466. The zero-order chi connectivity index (χ0) is 14.9. The number of likely N-dealkylation sites (N-methyl/N-ethyl adjacent to an activating group) is 1. The molecule has 0 radical (unpaired) electrons. The molecule has 0 amide bonds. The number of non-ortho nitro benzene ring substituents is 1. The minimum Gasteiger partial charge on any atom is -0.394 e. The maximum absolute atomic E-state index is 11.1. The first-order valence-corrected chi connectivity index (χ1v) is 6.24. The average molecular weight is 275 g/mol. The number of fused-ring (bicyclic) bond motifs is 1. The van der Waals surface area contributed by atoms with E-state index in [1.54, 1.807) is 18.3 Å². The van der Waals surface area contributed by atoms with Crippen LogP contribution in [0.25, 0.3) is 10.8 Å². The van der Waals surface area contributed by atoms with Gasteiger partial charge in [-0.1, -0.05) is 0 Å². The first-order valence-electron chi connectivity index (χ1n) is 6.24. The van der Waals surface area contributed by atoms with Crippen molar-refractivity contribution in [3.8, 4) is 0 Å². The summed E-state index contributed by atoms with van der Waals surface area (Å²) in [5.41, 5.74) is 0.394. The van der Waals surface area contributed by atoms with Crippen LogP contribution in [-0.4, -0.2) is 34.2 Å². The Kier molecular flexibility index (Phi) is 3.59. The van der Waals surface area contributed by atoms with Gasteiger partial charge >= 0.3 is 0 Å². The number of nitro benzene ring substituents is 1. The molecule has 2 aromatic rings. The topological polar surface area (TPSA) is 79.5 Å². The third-order valence-corrected chi connectivity index (χ3v) is 3.63. The number of pyridine rings is 1. The maximum Gasteiger partial charge on any atom is 0.278 e. The van der Waals surface area contributed by atoms with E-state index in [9.17, 15) is 15.2 Å². The van der Waals surface area contributed by atoms with E-state index in [4.69, 9.17) is 0 Å². The van der Waals surface area contributed by atoms with Crippen molar-refractivity contribution in [2.45, 2.75) is 19.4 Å². The van der Waals surface area contributed by atoms with Crippen molar-refractivity contribution in [3.05, 3.63) is 40.7 Å². The summed E-state index contributed by atoms with van der Waals surface area (Å²) >= 11 is 0. The second-order valence-corrected chi connectivity index (χ2v) is 5.31. The molecule has 1 heterocycles. The zero-order valence-electron chi connectivity index (χ0n) is 11.7. The summed E-state index contributed by atoms with van der Waals surface area (Å²) in [4.78, 5) is 16.5. The Bertz CT molecular complexity index is 655. The Morgan fingerprint density at radius 2 is 2.05 bits per heavy atom. The number of hydrogen-bond donors (Lipinski definition) is 1. The fraction of sp³-hybridized carbons (Fsp3) is 0.357. The number of benzene rings is 1. The number of aliphatic hydroxyl groups is 1. The lowest BCUT2D eigenvalue weighted by Gasteiger charge is -2.36. The van der Waals surface area contributed by atoms with Gasteiger partial charge < -0.3 is 10.0 Å². The Hall–Kier alpha value is -2.21. The maximum atomic E-state index is 11.1. The van der Waals surface area contributed by atoms with E-state index in [1.807, 2.05) is 25.8 Å². The highest BCUT2D eigenvalue weighted by atomic mass is 16.6. The van der Waals surface area contributed by atoms with E-state index in [2.05, 4.69) is 4.98 Å². The fourth-order valence-electron chi connectivity index (χ4n) is 2.04.